The largest absolute Gasteiger partial charge is 0.479 e. The normalized spacial score (nSPS) is 14.0. The van der Waals surface area contributed by atoms with Gasteiger partial charge in [0.2, 0.25) is 0 Å². The lowest BCUT2D eigenvalue weighted by Crippen LogP contribution is -2.31. The number of alkyl halides is 3. The molecular formula is C10H18F3NO3. The van der Waals surface area contributed by atoms with Crippen LogP contribution in [-0.2, 0) is 9.53 Å². The SMILES string of the molecule is CCOC(CCN(C)CCC(F)(F)F)C(=O)O. The third-order valence-electron chi connectivity index (χ3n) is 2.19. The Morgan fingerprint density at radius 1 is 1.41 bits per heavy atom. The summed E-state index contributed by atoms with van der Waals surface area (Å²) in [6.07, 6.45) is -5.85. The molecule has 0 bridgehead atoms. The standard InChI is InChI=1S/C10H18F3NO3/c1-3-17-8(9(15)16)4-6-14(2)7-5-10(11,12)13/h8H,3-7H2,1-2H3,(H,15,16). The van der Waals surface area contributed by atoms with Crippen molar-refractivity contribution in [1.29, 1.82) is 0 Å². The lowest BCUT2D eigenvalue weighted by Gasteiger charge is -2.20. The van der Waals surface area contributed by atoms with E-state index in [2.05, 4.69) is 0 Å². The number of carboxylic acid groups (broad SMARTS) is 1. The monoisotopic (exact) mass is 257 g/mol. The highest BCUT2D eigenvalue weighted by atomic mass is 19.4. The van der Waals surface area contributed by atoms with Gasteiger partial charge in [-0.05, 0) is 20.4 Å². The minimum absolute atomic E-state index is 0.137. The Balaban J connectivity index is 3.88. The predicted octanol–water partition coefficient (Wildman–Crippen LogP) is 1.75. The van der Waals surface area contributed by atoms with Gasteiger partial charge < -0.3 is 14.7 Å². The number of ether oxygens (including phenoxy) is 1. The van der Waals surface area contributed by atoms with Crippen molar-refractivity contribution >= 4 is 5.97 Å². The number of rotatable bonds is 8. The zero-order chi connectivity index (χ0) is 13.5. The summed E-state index contributed by atoms with van der Waals surface area (Å²) in [5, 5.41) is 8.75. The number of halogens is 3. The van der Waals surface area contributed by atoms with Crippen molar-refractivity contribution in [3.63, 3.8) is 0 Å². The van der Waals surface area contributed by atoms with Crippen LogP contribution in [-0.4, -0.2) is 55.0 Å². The molecule has 0 aromatic heterocycles. The molecule has 0 aliphatic heterocycles. The second-order valence-electron chi connectivity index (χ2n) is 3.74. The van der Waals surface area contributed by atoms with Gasteiger partial charge in [0.25, 0.3) is 0 Å². The number of carbonyl (C=O) groups is 1. The molecule has 0 fully saturated rings. The molecule has 1 N–H and O–H groups in total. The highest BCUT2D eigenvalue weighted by Crippen LogP contribution is 2.19. The summed E-state index contributed by atoms with van der Waals surface area (Å²) in [6.45, 7) is 2.06. The fourth-order valence-corrected chi connectivity index (χ4v) is 1.25. The average molecular weight is 257 g/mol. The van der Waals surface area contributed by atoms with Crippen LogP contribution in [0.4, 0.5) is 13.2 Å². The molecule has 1 unspecified atom stereocenters. The van der Waals surface area contributed by atoms with Gasteiger partial charge in [-0.1, -0.05) is 0 Å². The topological polar surface area (TPSA) is 49.8 Å². The third-order valence-corrected chi connectivity index (χ3v) is 2.19. The summed E-state index contributed by atoms with van der Waals surface area (Å²) >= 11 is 0. The Morgan fingerprint density at radius 2 is 2.00 bits per heavy atom. The van der Waals surface area contributed by atoms with E-state index in [0.29, 0.717) is 0 Å². The molecule has 0 aliphatic rings. The number of carboxylic acids is 1. The molecule has 1 atom stereocenters. The van der Waals surface area contributed by atoms with Crippen molar-refractivity contribution in [2.24, 2.45) is 0 Å². The van der Waals surface area contributed by atoms with Crippen molar-refractivity contribution in [2.75, 3.05) is 26.7 Å². The van der Waals surface area contributed by atoms with E-state index in [1.54, 1.807) is 6.92 Å². The lowest BCUT2D eigenvalue weighted by atomic mass is 10.2. The summed E-state index contributed by atoms with van der Waals surface area (Å²) in [6, 6.07) is 0. The fourth-order valence-electron chi connectivity index (χ4n) is 1.25. The van der Waals surface area contributed by atoms with E-state index in [-0.39, 0.29) is 26.1 Å². The van der Waals surface area contributed by atoms with Crippen LogP contribution in [0.2, 0.25) is 0 Å². The number of hydrogen-bond donors (Lipinski definition) is 1. The third kappa shape index (κ3) is 8.93. The van der Waals surface area contributed by atoms with Crippen molar-refractivity contribution in [3.8, 4) is 0 Å². The van der Waals surface area contributed by atoms with Crippen LogP contribution >= 0.6 is 0 Å². The van der Waals surface area contributed by atoms with Crippen molar-refractivity contribution in [1.82, 2.24) is 4.90 Å². The molecule has 0 aromatic rings. The molecule has 0 spiro atoms. The second-order valence-corrected chi connectivity index (χ2v) is 3.74. The molecule has 0 rings (SSSR count). The fraction of sp³-hybridized carbons (Fsp3) is 0.900. The van der Waals surface area contributed by atoms with Gasteiger partial charge in [-0.15, -0.1) is 0 Å². The molecular weight excluding hydrogens is 239 g/mol. The van der Waals surface area contributed by atoms with E-state index >= 15 is 0 Å². The van der Waals surface area contributed by atoms with Gasteiger partial charge in [0, 0.05) is 19.7 Å². The Bertz CT molecular complexity index is 233. The highest BCUT2D eigenvalue weighted by molar-refractivity contribution is 5.72. The van der Waals surface area contributed by atoms with Crippen molar-refractivity contribution < 1.29 is 27.8 Å². The Hall–Kier alpha value is -0.820. The van der Waals surface area contributed by atoms with Crippen molar-refractivity contribution in [3.05, 3.63) is 0 Å². The first kappa shape index (κ1) is 16.2. The van der Waals surface area contributed by atoms with Crippen LogP contribution in [0, 0.1) is 0 Å². The van der Waals surface area contributed by atoms with E-state index < -0.39 is 24.7 Å². The minimum Gasteiger partial charge on any atom is -0.479 e. The summed E-state index contributed by atoms with van der Waals surface area (Å²) < 4.78 is 40.7. The first-order valence-electron chi connectivity index (χ1n) is 5.36. The molecule has 102 valence electrons. The highest BCUT2D eigenvalue weighted by Gasteiger charge is 2.27. The van der Waals surface area contributed by atoms with Crippen LogP contribution in [0.15, 0.2) is 0 Å². The molecule has 17 heavy (non-hydrogen) atoms. The van der Waals surface area contributed by atoms with Gasteiger partial charge in [0.1, 0.15) is 0 Å². The Kier molecular flexibility index (Phi) is 7.13. The average Bonchev–Trinajstić information content (AvgIpc) is 2.19. The van der Waals surface area contributed by atoms with Gasteiger partial charge in [-0.25, -0.2) is 4.79 Å². The maximum atomic E-state index is 11.9. The lowest BCUT2D eigenvalue weighted by molar-refractivity contribution is -0.151. The van der Waals surface area contributed by atoms with Gasteiger partial charge in [-0.3, -0.25) is 0 Å². The first-order valence-corrected chi connectivity index (χ1v) is 5.36. The Morgan fingerprint density at radius 3 is 2.41 bits per heavy atom. The summed E-state index contributed by atoms with van der Waals surface area (Å²) in [5.41, 5.74) is 0. The van der Waals surface area contributed by atoms with E-state index in [1.165, 1.54) is 11.9 Å². The van der Waals surface area contributed by atoms with E-state index in [9.17, 15) is 18.0 Å². The summed E-state index contributed by atoms with van der Waals surface area (Å²) in [5.74, 6) is -1.09. The zero-order valence-corrected chi connectivity index (χ0v) is 9.96. The van der Waals surface area contributed by atoms with Gasteiger partial charge in [0.05, 0.1) is 6.42 Å². The zero-order valence-electron chi connectivity index (χ0n) is 9.96. The molecule has 0 saturated carbocycles. The predicted molar refractivity (Wildman–Crippen MR) is 55.8 cm³/mol. The number of aliphatic carboxylic acids is 1. The summed E-state index contributed by atoms with van der Waals surface area (Å²) in [4.78, 5) is 12.1. The van der Waals surface area contributed by atoms with Gasteiger partial charge in [0.15, 0.2) is 6.10 Å². The van der Waals surface area contributed by atoms with Gasteiger partial charge >= 0.3 is 12.1 Å². The van der Waals surface area contributed by atoms with Crippen LogP contribution < -0.4 is 0 Å². The molecule has 0 saturated heterocycles. The Labute approximate surface area is 98.3 Å². The number of hydrogen-bond acceptors (Lipinski definition) is 3. The second kappa shape index (κ2) is 7.50. The van der Waals surface area contributed by atoms with E-state index in [4.69, 9.17) is 9.84 Å². The molecule has 7 heteroatoms. The maximum Gasteiger partial charge on any atom is 0.390 e. The molecule has 4 nitrogen and oxygen atoms in total. The molecule has 0 heterocycles. The van der Waals surface area contributed by atoms with Crippen LogP contribution in [0.3, 0.4) is 0 Å². The van der Waals surface area contributed by atoms with Crippen LogP contribution in [0.1, 0.15) is 19.8 Å². The van der Waals surface area contributed by atoms with E-state index in [0.717, 1.165) is 0 Å². The number of nitrogens with zero attached hydrogens (tertiary/aromatic N) is 1. The quantitative estimate of drug-likeness (QED) is 0.719. The van der Waals surface area contributed by atoms with Crippen LogP contribution in [0.25, 0.3) is 0 Å². The summed E-state index contributed by atoms with van der Waals surface area (Å²) in [7, 11) is 1.52. The van der Waals surface area contributed by atoms with E-state index in [1.807, 2.05) is 0 Å². The van der Waals surface area contributed by atoms with Gasteiger partial charge in [-0.2, -0.15) is 13.2 Å². The smallest absolute Gasteiger partial charge is 0.390 e. The molecule has 0 aliphatic carbocycles. The molecule has 0 amide bonds. The molecule has 0 radical (unpaired) electrons. The molecule has 0 aromatic carbocycles. The minimum atomic E-state index is -4.18. The van der Waals surface area contributed by atoms with Crippen LogP contribution in [0.5, 0.6) is 0 Å². The van der Waals surface area contributed by atoms with Crippen molar-refractivity contribution in [2.45, 2.75) is 32.0 Å². The first-order chi connectivity index (χ1) is 7.76. The maximum absolute atomic E-state index is 11.9.